The monoisotopic (exact) mass is 232 g/mol. The number of nitrogens with zero attached hydrogens (tertiary/aromatic N) is 4. The fraction of sp³-hybridized carbons (Fsp3) is 0.200. The first-order valence-electron chi connectivity index (χ1n) is 5.09. The number of imidazole rings is 1. The van der Waals surface area contributed by atoms with Crippen LogP contribution >= 0.6 is 0 Å². The summed E-state index contributed by atoms with van der Waals surface area (Å²) in [6.45, 7) is 1.16. The molecule has 7 heteroatoms. The quantitative estimate of drug-likeness (QED) is 0.753. The normalized spacial score (nSPS) is 10.1. The lowest BCUT2D eigenvalue weighted by atomic mass is 10.3. The van der Waals surface area contributed by atoms with Crippen LogP contribution in [0.2, 0.25) is 0 Å². The van der Waals surface area contributed by atoms with Gasteiger partial charge in [0.25, 0.3) is 5.91 Å². The van der Waals surface area contributed by atoms with Gasteiger partial charge in [-0.25, -0.2) is 4.98 Å². The number of nitrogens with one attached hydrogen (secondary N) is 1. The van der Waals surface area contributed by atoms with Crippen molar-refractivity contribution in [3.05, 3.63) is 36.5 Å². The van der Waals surface area contributed by atoms with Crippen molar-refractivity contribution in [1.29, 1.82) is 0 Å². The van der Waals surface area contributed by atoms with E-state index in [0.717, 1.165) is 0 Å². The Bertz CT molecular complexity index is 478. The molecule has 0 fully saturated rings. The number of carbonyl (C=O) groups excluding carboxylic acids is 1. The molecule has 0 saturated carbocycles. The average molecular weight is 232 g/mol. The molecule has 0 atom stereocenters. The Balaban J connectivity index is 1.83. The van der Waals surface area contributed by atoms with Gasteiger partial charge in [0.1, 0.15) is 5.82 Å². The first kappa shape index (κ1) is 11.1. The number of aromatic nitrogens is 4. The number of hydrogen-bond donors (Lipinski definition) is 2. The predicted molar refractivity (Wildman–Crippen MR) is 61.0 cm³/mol. The molecular weight excluding hydrogens is 220 g/mol. The van der Waals surface area contributed by atoms with E-state index in [1.165, 1.54) is 12.1 Å². The van der Waals surface area contributed by atoms with Crippen LogP contribution in [0.3, 0.4) is 0 Å². The third-order valence-electron chi connectivity index (χ3n) is 2.13. The number of amides is 1. The molecule has 0 aliphatic carbocycles. The molecule has 0 aliphatic rings. The number of anilines is 1. The fourth-order valence-electron chi connectivity index (χ4n) is 1.27. The van der Waals surface area contributed by atoms with E-state index in [9.17, 15) is 4.79 Å². The first-order valence-corrected chi connectivity index (χ1v) is 5.09. The molecule has 2 rings (SSSR count). The van der Waals surface area contributed by atoms with Gasteiger partial charge in [0, 0.05) is 25.5 Å². The van der Waals surface area contributed by atoms with Crippen LogP contribution in [0.4, 0.5) is 5.82 Å². The molecule has 0 aliphatic heterocycles. The Morgan fingerprint density at radius 3 is 2.94 bits per heavy atom. The largest absolute Gasteiger partial charge is 0.382 e. The minimum Gasteiger partial charge on any atom is -0.382 e. The second-order valence-corrected chi connectivity index (χ2v) is 3.40. The SMILES string of the molecule is Nc1ccc(C(=O)NCCn2ccnc2)nn1. The molecule has 1 amide bonds. The number of nitrogen functional groups attached to an aromatic ring is 1. The van der Waals surface area contributed by atoms with Gasteiger partial charge in [0.05, 0.1) is 6.33 Å². The van der Waals surface area contributed by atoms with Crippen molar-refractivity contribution in [3.63, 3.8) is 0 Å². The summed E-state index contributed by atoms with van der Waals surface area (Å²) in [5, 5.41) is 10.0. The maximum Gasteiger partial charge on any atom is 0.271 e. The fourth-order valence-corrected chi connectivity index (χ4v) is 1.27. The van der Waals surface area contributed by atoms with E-state index in [0.29, 0.717) is 18.9 Å². The van der Waals surface area contributed by atoms with Gasteiger partial charge < -0.3 is 15.6 Å². The highest BCUT2D eigenvalue weighted by Gasteiger charge is 2.06. The molecule has 2 aromatic rings. The van der Waals surface area contributed by atoms with E-state index >= 15 is 0 Å². The summed E-state index contributed by atoms with van der Waals surface area (Å²) in [5.41, 5.74) is 5.63. The molecule has 2 aromatic heterocycles. The summed E-state index contributed by atoms with van der Waals surface area (Å²) >= 11 is 0. The maximum atomic E-state index is 11.6. The van der Waals surface area contributed by atoms with E-state index in [4.69, 9.17) is 5.73 Å². The molecule has 2 heterocycles. The molecule has 7 nitrogen and oxygen atoms in total. The van der Waals surface area contributed by atoms with E-state index in [1.807, 2.05) is 10.8 Å². The van der Waals surface area contributed by atoms with Crippen LogP contribution < -0.4 is 11.1 Å². The summed E-state index contributed by atoms with van der Waals surface area (Å²) in [5.74, 6) is 0.0255. The topological polar surface area (TPSA) is 98.7 Å². The van der Waals surface area contributed by atoms with Gasteiger partial charge in [-0.05, 0) is 12.1 Å². The standard InChI is InChI=1S/C10H12N6O/c11-9-2-1-8(14-15-9)10(17)13-4-6-16-5-3-12-7-16/h1-3,5,7H,4,6H2,(H2,11,15)(H,13,17). The second kappa shape index (κ2) is 5.06. The highest BCUT2D eigenvalue weighted by atomic mass is 16.1. The van der Waals surface area contributed by atoms with E-state index in [2.05, 4.69) is 20.5 Å². The molecule has 17 heavy (non-hydrogen) atoms. The van der Waals surface area contributed by atoms with Crippen molar-refractivity contribution in [2.75, 3.05) is 12.3 Å². The Labute approximate surface area is 97.7 Å². The summed E-state index contributed by atoms with van der Waals surface area (Å²) in [7, 11) is 0. The van der Waals surface area contributed by atoms with Crippen LogP contribution in [-0.2, 0) is 6.54 Å². The molecular formula is C10H12N6O. The zero-order chi connectivity index (χ0) is 12.1. The van der Waals surface area contributed by atoms with Gasteiger partial charge in [-0.15, -0.1) is 10.2 Å². The van der Waals surface area contributed by atoms with Crippen LogP contribution in [0.25, 0.3) is 0 Å². The van der Waals surface area contributed by atoms with Crippen molar-refractivity contribution in [2.24, 2.45) is 0 Å². The average Bonchev–Trinajstić information content (AvgIpc) is 2.83. The first-order chi connectivity index (χ1) is 8.25. The highest BCUT2D eigenvalue weighted by Crippen LogP contribution is 1.96. The Kier molecular flexibility index (Phi) is 3.29. The lowest BCUT2D eigenvalue weighted by Gasteiger charge is -2.04. The van der Waals surface area contributed by atoms with Crippen LogP contribution in [0.1, 0.15) is 10.5 Å². The Morgan fingerprint density at radius 1 is 1.41 bits per heavy atom. The van der Waals surface area contributed by atoms with Crippen LogP contribution in [0.5, 0.6) is 0 Å². The van der Waals surface area contributed by atoms with Crippen molar-refractivity contribution >= 4 is 11.7 Å². The minimum atomic E-state index is -0.266. The zero-order valence-electron chi connectivity index (χ0n) is 9.08. The molecule has 0 bridgehead atoms. The second-order valence-electron chi connectivity index (χ2n) is 3.40. The molecule has 0 radical (unpaired) electrons. The highest BCUT2D eigenvalue weighted by molar-refractivity contribution is 5.92. The molecule has 0 aromatic carbocycles. The van der Waals surface area contributed by atoms with Gasteiger partial charge in [0.15, 0.2) is 5.69 Å². The molecule has 0 saturated heterocycles. The van der Waals surface area contributed by atoms with Crippen molar-refractivity contribution in [1.82, 2.24) is 25.1 Å². The minimum absolute atomic E-state index is 0.254. The lowest BCUT2D eigenvalue weighted by Crippen LogP contribution is -2.28. The lowest BCUT2D eigenvalue weighted by molar-refractivity contribution is 0.0946. The van der Waals surface area contributed by atoms with Crippen molar-refractivity contribution < 1.29 is 4.79 Å². The molecule has 88 valence electrons. The Morgan fingerprint density at radius 2 is 2.29 bits per heavy atom. The van der Waals surface area contributed by atoms with Crippen LogP contribution in [0, 0.1) is 0 Å². The van der Waals surface area contributed by atoms with E-state index in [-0.39, 0.29) is 11.6 Å². The van der Waals surface area contributed by atoms with Gasteiger partial charge in [-0.1, -0.05) is 0 Å². The summed E-state index contributed by atoms with van der Waals surface area (Å²) in [6, 6.07) is 3.08. The van der Waals surface area contributed by atoms with Crippen molar-refractivity contribution in [3.8, 4) is 0 Å². The number of nitrogens with two attached hydrogens (primary N) is 1. The number of rotatable bonds is 4. The van der Waals surface area contributed by atoms with Gasteiger partial charge in [-0.2, -0.15) is 0 Å². The third kappa shape index (κ3) is 3.00. The van der Waals surface area contributed by atoms with Crippen LogP contribution in [0.15, 0.2) is 30.9 Å². The van der Waals surface area contributed by atoms with Gasteiger partial charge >= 0.3 is 0 Å². The van der Waals surface area contributed by atoms with Gasteiger partial charge in [0.2, 0.25) is 0 Å². The third-order valence-corrected chi connectivity index (χ3v) is 2.13. The van der Waals surface area contributed by atoms with Crippen LogP contribution in [-0.4, -0.2) is 32.2 Å². The van der Waals surface area contributed by atoms with Gasteiger partial charge in [-0.3, -0.25) is 4.79 Å². The number of carbonyl (C=O) groups is 1. The zero-order valence-corrected chi connectivity index (χ0v) is 9.08. The van der Waals surface area contributed by atoms with Crippen molar-refractivity contribution in [2.45, 2.75) is 6.54 Å². The summed E-state index contributed by atoms with van der Waals surface area (Å²) in [4.78, 5) is 15.5. The van der Waals surface area contributed by atoms with E-state index in [1.54, 1.807) is 12.5 Å². The smallest absolute Gasteiger partial charge is 0.271 e. The molecule has 3 N–H and O–H groups in total. The number of hydrogen-bond acceptors (Lipinski definition) is 5. The molecule has 0 spiro atoms. The summed E-state index contributed by atoms with van der Waals surface area (Å²) < 4.78 is 1.87. The Hall–Kier alpha value is -2.44. The molecule has 0 unspecified atom stereocenters. The summed E-state index contributed by atoms with van der Waals surface area (Å²) in [6.07, 6.45) is 5.21. The van der Waals surface area contributed by atoms with E-state index < -0.39 is 0 Å². The maximum absolute atomic E-state index is 11.6. The predicted octanol–water partition coefficient (Wildman–Crippen LogP) is -0.315.